The molecule has 0 aliphatic heterocycles. The molecule has 0 aromatic heterocycles. The molecular formula is C12H12N2O4S. The normalized spacial score (nSPS) is 12.3. The topological polar surface area (TPSA) is 113 Å². The summed E-state index contributed by atoms with van der Waals surface area (Å²) in [5.41, 5.74) is 4.31. The Balaban J connectivity index is 3.02. The molecule has 0 heterocycles. The van der Waals surface area contributed by atoms with E-state index >= 15 is 0 Å². The van der Waals surface area contributed by atoms with E-state index in [0.29, 0.717) is 5.56 Å². The first-order valence-corrected chi connectivity index (χ1v) is 6.32. The van der Waals surface area contributed by atoms with Gasteiger partial charge in [0, 0.05) is 11.1 Å². The Labute approximate surface area is 113 Å². The van der Waals surface area contributed by atoms with Gasteiger partial charge in [0.25, 0.3) is 0 Å². The lowest BCUT2D eigenvalue weighted by Gasteiger charge is -1.99. The molecular weight excluding hydrogens is 268 g/mol. The predicted octanol–water partition coefficient (Wildman–Crippen LogP) is 1.17. The summed E-state index contributed by atoms with van der Waals surface area (Å²) in [6.07, 6.45) is 3.19. The van der Waals surface area contributed by atoms with E-state index in [1.54, 1.807) is 23.9 Å². The van der Waals surface area contributed by atoms with Gasteiger partial charge < -0.3 is 15.9 Å². The van der Waals surface area contributed by atoms with Gasteiger partial charge in [-0.05, 0) is 24.0 Å². The lowest BCUT2D eigenvalue weighted by molar-refractivity contribution is -0.136. The van der Waals surface area contributed by atoms with Crippen molar-refractivity contribution in [2.24, 2.45) is 10.7 Å². The molecule has 0 saturated carbocycles. The van der Waals surface area contributed by atoms with Crippen molar-refractivity contribution in [1.82, 2.24) is 0 Å². The molecule has 0 aliphatic rings. The zero-order valence-corrected chi connectivity index (χ0v) is 10.8. The molecule has 1 aromatic carbocycles. The molecule has 1 rings (SSSR count). The summed E-state index contributed by atoms with van der Waals surface area (Å²) in [4.78, 5) is 26.1. The lowest BCUT2D eigenvalue weighted by atomic mass is 10.2. The third-order valence-corrected chi connectivity index (χ3v) is 2.89. The monoisotopic (exact) mass is 280 g/mol. The average Bonchev–Trinajstić information content (AvgIpc) is 2.39. The summed E-state index contributed by atoms with van der Waals surface area (Å²) < 4.78 is 0. The molecule has 1 aromatic rings. The Hall–Kier alpha value is -2.28. The van der Waals surface area contributed by atoms with Crippen LogP contribution in [0.1, 0.15) is 5.56 Å². The first-order valence-electron chi connectivity index (χ1n) is 5.10. The molecule has 0 bridgehead atoms. The highest BCUT2D eigenvalue weighted by molar-refractivity contribution is 7.98. The number of thioether (sulfide) groups is 1. The number of aliphatic imine (C=N–C) groups is 1. The number of carboxylic acid groups (broad SMARTS) is 2. The third-order valence-electron chi connectivity index (χ3n) is 2.15. The van der Waals surface area contributed by atoms with E-state index in [0.717, 1.165) is 4.90 Å². The number of hydrogen-bond acceptors (Lipinski definition) is 5. The summed E-state index contributed by atoms with van der Waals surface area (Å²) in [6.45, 7) is 0. The van der Waals surface area contributed by atoms with Crippen LogP contribution in [-0.4, -0.2) is 34.6 Å². The van der Waals surface area contributed by atoms with Gasteiger partial charge >= 0.3 is 11.9 Å². The van der Waals surface area contributed by atoms with E-state index in [4.69, 9.17) is 15.9 Å². The Morgan fingerprint density at radius 2 is 1.79 bits per heavy atom. The van der Waals surface area contributed by atoms with Crippen LogP contribution in [0.4, 0.5) is 0 Å². The lowest BCUT2D eigenvalue weighted by Crippen LogP contribution is -2.17. The third kappa shape index (κ3) is 4.14. The maximum Gasteiger partial charge on any atom is 0.356 e. The van der Waals surface area contributed by atoms with Crippen molar-refractivity contribution in [1.29, 1.82) is 0 Å². The van der Waals surface area contributed by atoms with Crippen LogP contribution in [0.25, 0.3) is 0 Å². The van der Waals surface area contributed by atoms with Gasteiger partial charge in [-0.3, -0.25) is 0 Å². The first kappa shape index (κ1) is 14.8. The zero-order chi connectivity index (χ0) is 14.4. The number of carboxylic acids is 2. The Morgan fingerprint density at radius 1 is 1.21 bits per heavy atom. The van der Waals surface area contributed by atoms with E-state index in [2.05, 4.69) is 4.99 Å². The highest BCUT2D eigenvalue weighted by atomic mass is 32.2. The van der Waals surface area contributed by atoms with E-state index in [1.165, 1.54) is 6.21 Å². The van der Waals surface area contributed by atoms with Crippen LogP contribution >= 0.6 is 11.8 Å². The van der Waals surface area contributed by atoms with Crippen molar-refractivity contribution in [3.63, 3.8) is 0 Å². The number of rotatable bonds is 5. The second-order valence-electron chi connectivity index (χ2n) is 3.40. The van der Waals surface area contributed by atoms with Crippen LogP contribution in [0.15, 0.2) is 45.5 Å². The minimum atomic E-state index is -1.52. The number of nitrogens with two attached hydrogens (primary N) is 1. The number of carbonyl (C=O) groups is 2. The van der Waals surface area contributed by atoms with Gasteiger partial charge in [-0.1, -0.05) is 12.1 Å². The molecule has 0 amide bonds. The second kappa shape index (κ2) is 6.60. The highest BCUT2D eigenvalue weighted by Gasteiger charge is 2.16. The summed E-state index contributed by atoms with van der Waals surface area (Å²) in [6, 6.07) is 7.17. The minimum Gasteiger partial charge on any atom is -0.477 e. The number of benzene rings is 1. The first-order chi connectivity index (χ1) is 8.95. The Morgan fingerprint density at radius 3 is 2.21 bits per heavy atom. The van der Waals surface area contributed by atoms with Crippen LogP contribution in [-0.2, 0) is 9.59 Å². The van der Waals surface area contributed by atoms with E-state index in [9.17, 15) is 9.59 Å². The molecule has 0 saturated heterocycles. The van der Waals surface area contributed by atoms with Crippen molar-refractivity contribution in [3.05, 3.63) is 41.2 Å². The molecule has 0 spiro atoms. The van der Waals surface area contributed by atoms with Gasteiger partial charge in [-0.25, -0.2) is 14.6 Å². The molecule has 0 radical (unpaired) electrons. The van der Waals surface area contributed by atoms with Gasteiger partial charge in [-0.2, -0.15) is 0 Å². The SMILES string of the molecule is CSc1ccc(C=N/C(C(=O)O)=C(/N)C(=O)O)cc1. The van der Waals surface area contributed by atoms with Crippen LogP contribution in [0.2, 0.25) is 0 Å². The summed E-state index contributed by atoms with van der Waals surface area (Å²) >= 11 is 1.57. The standard InChI is InChI=1S/C12H12N2O4S/c1-19-8-4-2-7(3-5-8)6-14-10(12(17)18)9(13)11(15)16/h2-6H,13H2,1H3,(H,15,16)(H,17,18)/b10-9+,14-6?. The van der Waals surface area contributed by atoms with Crippen LogP contribution < -0.4 is 5.73 Å². The fourth-order valence-corrected chi connectivity index (χ4v) is 1.58. The number of nitrogens with zero attached hydrogens (tertiary/aromatic N) is 1. The minimum absolute atomic E-state index is 0.648. The molecule has 6 nitrogen and oxygen atoms in total. The molecule has 0 aliphatic carbocycles. The molecule has 0 unspecified atom stereocenters. The van der Waals surface area contributed by atoms with Gasteiger partial charge in [-0.15, -0.1) is 11.8 Å². The van der Waals surface area contributed by atoms with E-state index in [1.807, 2.05) is 18.4 Å². The molecule has 0 atom stereocenters. The Kier molecular flexibility index (Phi) is 5.13. The van der Waals surface area contributed by atoms with Crippen molar-refractivity contribution in [2.75, 3.05) is 6.26 Å². The molecule has 100 valence electrons. The van der Waals surface area contributed by atoms with Crippen molar-refractivity contribution < 1.29 is 19.8 Å². The van der Waals surface area contributed by atoms with Gasteiger partial charge in [0.2, 0.25) is 0 Å². The maximum absolute atomic E-state index is 10.8. The maximum atomic E-state index is 10.8. The van der Waals surface area contributed by atoms with Crippen LogP contribution in [0.5, 0.6) is 0 Å². The van der Waals surface area contributed by atoms with E-state index < -0.39 is 23.3 Å². The Bertz CT molecular complexity index is 549. The van der Waals surface area contributed by atoms with Crippen LogP contribution in [0, 0.1) is 0 Å². The molecule has 0 fully saturated rings. The fraction of sp³-hybridized carbons (Fsp3) is 0.0833. The fourth-order valence-electron chi connectivity index (χ4n) is 1.17. The van der Waals surface area contributed by atoms with Gasteiger partial charge in [0.15, 0.2) is 11.4 Å². The smallest absolute Gasteiger partial charge is 0.356 e. The zero-order valence-electron chi connectivity index (χ0n) is 10.0. The van der Waals surface area contributed by atoms with Crippen molar-refractivity contribution in [2.45, 2.75) is 4.90 Å². The molecule has 4 N–H and O–H groups in total. The summed E-state index contributed by atoms with van der Waals surface area (Å²) in [7, 11) is 0. The van der Waals surface area contributed by atoms with Crippen LogP contribution in [0.3, 0.4) is 0 Å². The van der Waals surface area contributed by atoms with Gasteiger partial charge in [0.1, 0.15) is 0 Å². The number of aliphatic carboxylic acids is 2. The highest BCUT2D eigenvalue weighted by Crippen LogP contribution is 2.14. The molecule has 19 heavy (non-hydrogen) atoms. The second-order valence-corrected chi connectivity index (χ2v) is 4.28. The number of hydrogen-bond donors (Lipinski definition) is 3. The average molecular weight is 280 g/mol. The predicted molar refractivity (Wildman–Crippen MR) is 72.3 cm³/mol. The van der Waals surface area contributed by atoms with Crippen molar-refractivity contribution >= 4 is 29.9 Å². The molecule has 7 heteroatoms. The largest absolute Gasteiger partial charge is 0.477 e. The quantitative estimate of drug-likeness (QED) is 0.424. The van der Waals surface area contributed by atoms with Gasteiger partial charge in [0.05, 0.1) is 0 Å². The summed E-state index contributed by atoms with van der Waals surface area (Å²) in [5.74, 6) is -3.01. The van der Waals surface area contributed by atoms with E-state index in [-0.39, 0.29) is 0 Å². The summed E-state index contributed by atoms with van der Waals surface area (Å²) in [5, 5.41) is 17.5. The van der Waals surface area contributed by atoms with Crippen molar-refractivity contribution in [3.8, 4) is 0 Å².